The molecule has 0 spiro atoms. The van der Waals surface area contributed by atoms with Crippen LogP contribution in [0.25, 0.3) is 11.0 Å². The van der Waals surface area contributed by atoms with E-state index < -0.39 is 5.41 Å². The lowest BCUT2D eigenvalue weighted by Crippen LogP contribution is -2.39. The molecule has 1 aliphatic rings. The Balaban J connectivity index is 1.51. The molecule has 3 heterocycles. The summed E-state index contributed by atoms with van der Waals surface area (Å²) in [7, 11) is 0. The highest BCUT2D eigenvalue weighted by molar-refractivity contribution is 6.09. The zero-order valence-corrected chi connectivity index (χ0v) is 16.7. The number of nitrogens with zero attached hydrogens (tertiary/aromatic N) is 2. The second-order valence-corrected chi connectivity index (χ2v) is 7.70. The molecule has 1 amide bonds. The molecule has 1 unspecified atom stereocenters. The van der Waals surface area contributed by atoms with Gasteiger partial charge in [-0.25, -0.2) is 4.98 Å². The summed E-state index contributed by atoms with van der Waals surface area (Å²) < 4.78 is 6.19. The minimum absolute atomic E-state index is 0.0175. The highest BCUT2D eigenvalue weighted by Crippen LogP contribution is 2.44. The third kappa shape index (κ3) is 3.39. The number of aldehydes is 1. The highest BCUT2D eigenvalue weighted by atomic mass is 16.5. The lowest BCUT2D eigenvalue weighted by molar-refractivity contribution is -0.123. The third-order valence-corrected chi connectivity index (χ3v) is 5.86. The summed E-state index contributed by atoms with van der Waals surface area (Å²) in [5.41, 5.74) is 2.00. The van der Waals surface area contributed by atoms with Gasteiger partial charge in [0.05, 0.1) is 24.3 Å². The van der Waals surface area contributed by atoms with Gasteiger partial charge in [0.15, 0.2) is 0 Å². The second-order valence-electron chi connectivity index (χ2n) is 7.70. The summed E-state index contributed by atoms with van der Waals surface area (Å²) >= 11 is 0. The molecule has 0 saturated heterocycles. The van der Waals surface area contributed by atoms with Crippen molar-refractivity contribution in [1.29, 1.82) is 0 Å². The zero-order valence-electron chi connectivity index (χ0n) is 16.7. The minimum atomic E-state index is -0.654. The van der Waals surface area contributed by atoms with Crippen LogP contribution in [0.2, 0.25) is 0 Å². The quantitative estimate of drug-likeness (QED) is 0.589. The number of pyridine rings is 1. The summed E-state index contributed by atoms with van der Waals surface area (Å²) in [5.74, 6) is 0.714. The van der Waals surface area contributed by atoms with Gasteiger partial charge in [0.1, 0.15) is 17.7 Å². The first-order valence-electron chi connectivity index (χ1n) is 10.0. The number of ether oxygens (including phenoxy) is 1. The van der Waals surface area contributed by atoms with E-state index in [1.807, 2.05) is 49.5 Å². The first-order valence-corrected chi connectivity index (χ1v) is 10.0. The van der Waals surface area contributed by atoms with Crippen LogP contribution in [0, 0.1) is 0 Å². The Bertz CT molecular complexity index is 1040. The summed E-state index contributed by atoms with van der Waals surface area (Å²) in [6, 6.07) is 11.7. The van der Waals surface area contributed by atoms with Crippen LogP contribution in [0.5, 0.6) is 5.75 Å². The van der Waals surface area contributed by atoms with Crippen LogP contribution in [-0.2, 0) is 15.0 Å². The molecule has 4 rings (SSSR count). The number of amides is 1. The molecule has 6 heteroatoms. The fraction of sp³-hybridized carbons (Fsp3) is 0.348. The summed E-state index contributed by atoms with van der Waals surface area (Å²) in [6.45, 7) is 4.14. The maximum atomic E-state index is 13.2. The van der Waals surface area contributed by atoms with Crippen LogP contribution in [-0.4, -0.2) is 34.8 Å². The number of anilines is 1. The molecule has 29 heavy (non-hydrogen) atoms. The average Bonchev–Trinajstić information content (AvgIpc) is 3.29. The molecular formula is C23H25N3O3. The highest BCUT2D eigenvalue weighted by Gasteiger charge is 2.46. The SMILES string of the molecule is CCC(CC[C@]1(C)C(=O)N(CC=O)c2ccccc21)Oc1cnc2[nH]ccc2c1. The number of nitrogens with one attached hydrogen (secondary N) is 1. The first-order chi connectivity index (χ1) is 14.1. The topological polar surface area (TPSA) is 75.3 Å². The van der Waals surface area contributed by atoms with Gasteiger partial charge in [-0.2, -0.15) is 0 Å². The summed E-state index contributed by atoms with van der Waals surface area (Å²) in [5, 5.41) is 1.01. The monoisotopic (exact) mass is 391 g/mol. The Morgan fingerprint density at radius 3 is 2.93 bits per heavy atom. The predicted octanol–water partition coefficient (Wildman–Crippen LogP) is 4.00. The minimum Gasteiger partial charge on any atom is -0.489 e. The van der Waals surface area contributed by atoms with Crippen molar-refractivity contribution in [3.63, 3.8) is 0 Å². The normalized spacial score (nSPS) is 19.4. The van der Waals surface area contributed by atoms with Crippen molar-refractivity contribution in [2.75, 3.05) is 11.4 Å². The second kappa shape index (κ2) is 7.70. The molecule has 2 aromatic heterocycles. The molecule has 150 valence electrons. The predicted molar refractivity (Wildman–Crippen MR) is 112 cm³/mol. The van der Waals surface area contributed by atoms with Crippen LogP contribution in [0.3, 0.4) is 0 Å². The number of rotatable bonds is 8. The lowest BCUT2D eigenvalue weighted by Gasteiger charge is -2.26. The molecular weight excluding hydrogens is 366 g/mol. The average molecular weight is 391 g/mol. The van der Waals surface area contributed by atoms with Crippen molar-refractivity contribution in [3.8, 4) is 5.75 Å². The Kier molecular flexibility index (Phi) is 5.09. The van der Waals surface area contributed by atoms with E-state index in [9.17, 15) is 9.59 Å². The molecule has 2 atom stereocenters. The summed E-state index contributed by atoms with van der Waals surface area (Å²) in [4.78, 5) is 33.3. The number of carbonyl (C=O) groups is 2. The number of aromatic amines is 1. The van der Waals surface area contributed by atoms with Crippen LogP contribution in [0.4, 0.5) is 5.69 Å². The molecule has 0 saturated carbocycles. The van der Waals surface area contributed by atoms with Gasteiger partial charge in [-0.1, -0.05) is 25.1 Å². The van der Waals surface area contributed by atoms with E-state index in [0.29, 0.717) is 6.42 Å². The fourth-order valence-corrected chi connectivity index (χ4v) is 4.17. The first kappa shape index (κ1) is 19.2. The molecule has 6 nitrogen and oxygen atoms in total. The van der Waals surface area contributed by atoms with Gasteiger partial charge < -0.3 is 19.4 Å². The Morgan fingerprint density at radius 2 is 2.14 bits per heavy atom. The molecule has 3 aromatic rings. The lowest BCUT2D eigenvalue weighted by atomic mass is 9.79. The van der Waals surface area contributed by atoms with E-state index in [0.717, 1.165) is 47.2 Å². The number of fused-ring (bicyclic) bond motifs is 2. The molecule has 0 radical (unpaired) electrons. The zero-order chi connectivity index (χ0) is 20.4. The van der Waals surface area contributed by atoms with Gasteiger partial charge in [-0.05, 0) is 49.9 Å². The number of para-hydroxylation sites is 1. The van der Waals surface area contributed by atoms with E-state index in [2.05, 4.69) is 16.9 Å². The van der Waals surface area contributed by atoms with Crippen LogP contribution >= 0.6 is 0 Å². The van der Waals surface area contributed by atoms with E-state index in [-0.39, 0.29) is 18.6 Å². The van der Waals surface area contributed by atoms with Gasteiger partial charge in [0, 0.05) is 17.3 Å². The smallest absolute Gasteiger partial charge is 0.237 e. The fourth-order valence-electron chi connectivity index (χ4n) is 4.17. The van der Waals surface area contributed by atoms with Crippen molar-refractivity contribution in [2.24, 2.45) is 0 Å². The maximum absolute atomic E-state index is 13.2. The summed E-state index contributed by atoms with van der Waals surface area (Å²) in [6.07, 6.45) is 6.55. The number of hydrogen-bond donors (Lipinski definition) is 1. The van der Waals surface area contributed by atoms with Crippen molar-refractivity contribution in [3.05, 3.63) is 54.4 Å². The molecule has 0 fully saturated rings. The van der Waals surface area contributed by atoms with E-state index in [1.165, 1.54) is 0 Å². The number of H-pyrrole nitrogens is 1. The third-order valence-electron chi connectivity index (χ3n) is 5.86. The van der Waals surface area contributed by atoms with Gasteiger partial charge >= 0.3 is 0 Å². The van der Waals surface area contributed by atoms with Gasteiger partial charge in [-0.15, -0.1) is 0 Å². The number of hydrogen-bond acceptors (Lipinski definition) is 4. The Morgan fingerprint density at radius 1 is 1.31 bits per heavy atom. The molecule has 1 aliphatic heterocycles. The van der Waals surface area contributed by atoms with E-state index in [1.54, 1.807) is 11.1 Å². The van der Waals surface area contributed by atoms with E-state index in [4.69, 9.17) is 4.74 Å². The number of carbonyl (C=O) groups excluding carboxylic acids is 2. The number of benzene rings is 1. The van der Waals surface area contributed by atoms with Crippen molar-refractivity contribution in [1.82, 2.24) is 9.97 Å². The van der Waals surface area contributed by atoms with Gasteiger partial charge in [0.25, 0.3) is 0 Å². The largest absolute Gasteiger partial charge is 0.489 e. The van der Waals surface area contributed by atoms with Gasteiger partial charge in [0.2, 0.25) is 5.91 Å². The Labute approximate surface area is 169 Å². The maximum Gasteiger partial charge on any atom is 0.237 e. The van der Waals surface area contributed by atoms with Crippen LogP contribution < -0.4 is 9.64 Å². The van der Waals surface area contributed by atoms with Crippen molar-refractivity contribution in [2.45, 2.75) is 44.6 Å². The Hall–Kier alpha value is -3.15. The van der Waals surface area contributed by atoms with E-state index >= 15 is 0 Å². The van der Waals surface area contributed by atoms with Crippen LogP contribution in [0.15, 0.2) is 48.8 Å². The molecule has 1 N–H and O–H groups in total. The molecule has 0 bridgehead atoms. The standard InChI is InChI=1S/C23H25N3O3/c1-3-17(29-18-14-16-9-11-24-21(16)25-15-18)8-10-23(2)19-6-4-5-7-20(19)26(12-13-27)22(23)28/h4-7,9,11,13-15,17H,3,8,10,12H2,1-2H3,(H,24,25)/t17?,23-/m0/s1. The van der Waals surface area contributed by atoms with Crippen LogP contribution in [0.1, 0.15) is 38.7 Å². The van der Waals surface area contributed by atoms with Gasteiger partial charge in [-0.3, -0.25) is 4.79 Å². The van der Waals surface area contributed by atoms with Crippen molar-refractivity contribution < 1.29 is 14.3 Å². The number of aromatic nitrogens is 2. The van der Waals surface area contributed by atoms with Crippen molar-refractivity contribution >= 4 is 28.9 Å². The molecule has 1 aromatic carbocycles. The molecule has 0 aliphatic carbocycles.